The van der Waals surface area contributed by atoms with E-state index in [0.29, 0.717) is 22.3 Å². The van der Waals surface area contributed by atoms with Crippen LogP contribution in [0.3, 0.4) is 0 Å². The third-order valence-electron chi connectivity index (χ3n) is 4.09. The third kappa shape index (κ3) is 4.47. The van der Waals surface area contributed by atoms with Crippen LogP contribution in [0.4, 0.5) is 5.69 Å². The molecule has 0 radical (unpaired) electrons. The van der Waals surface area contributed by atoms with Crippen molar-refractivity contribution >= 4 is 17.2 Å². The zero-order valence-electron chi connectivity index (χ0n) is 15.9. The molecule has 0 atom stereocenters. The lowest BCUT2D eigenvalue weighted by Crippen LogP contribution is -2.15. The summed E-state index contributed by atoms with van der Waals surface area (Å²) in [7, 11) is 1.22. The molecule has 0 unspecified atom stereocenters. The number of nitrogens with zero attached hydrogens (tertiary/aromatic N) is 2. The molecule has 0 amide bonds. The molecule has 29 heavy (non-hydrogen) atoms. The Balaban J connectivity index is 2.26. The molecule has 146 valence electrons. The van der Waals surface area contributed by atoms with Crippen molar-refractivity contribution in [2.24, 2.45) is 0 Å². The van der Waals surface area contributed by atoms with Gasteiger partial charge in [-0.2, -0.15) is 0 Å². The SMILES string of the molecule is COC(=O)C(Oc1ncc(C)cc1[N+](=O)[O-])=C(c1ccccc1)c1ccccc1. The van der Waals surface area contributed by atoms with Crippen molar-refractivity contribution in [2.75, 3.05) is 7.11 Å². The molecule has 0 saturated carbocycles. The fourth-order valence-electron chi connectivity index (χ4n) is 2.77. The van der Waals surface area contributed by atoms with Crippen LogP contribution in [-0.4, -0.2) is 23.0 Å². The Kier molecular flexibility index (Phi) is 5.99. The van der Waals surface area contributed by atoms with Gasteiger partial charge in [0.2, 0.25) is 5.76 Å². The van der Waals surface area contributed by atoms with E-state index in [1.165, 1.54) is 19.4 Å². The van der Waals surface area contributed by atoms with Crippen LogP contribution in [0.2, 0.25) is 0 Å². The van der Waals surface area contributed by atoms with Crippen LogP contribution in [-0.2, 0) is 9.53 Å². The van der Waals surface area contributed by atoms with Gasteiger partial charge in [-0.3, -0.25) is 10.1 Å². The van der Waals surface area contributed by atoms with Gasteiger partial charge in [0.15, 0.2) is 0 Å². The number of hydrogen-bond donors (Lipinski definition) is 0. The van der Waals surface area contributed by atoms with Gasteiger partial charge in [-0.15, -0.1) is 0 Å². The van der Waals surface area contributed by atoms with Crippen molar-refractivity contribution in [2.45, 2.75) is 6.92 Å². The van der Waals surface area contributed by atoms with Gasteiger partial charge in [0, 0.05) is 17.8 Å². The summed E-state index contributed by atoms with van der Waals surface area (Å²) >= 11 is 0. The number of pyridine rings is 1. The second-order valence-corrected chi connectivity index (χ2v) is 6.12. The summed E-state index contributed by atoms with van der Waals surface area (Å²) in [4.78, 5) is 27.5. The zero-order valence-corrected chi connectivity index (χ0v) is 15.9. The van der Waals surface area contributed by atoms with Gasteiger partial charge in [-0.25, -0.2) is 9.78 Å². The predicted molar refractivity (Wildman–Crippen MR) is 107 cm³/mol. The lowest BCUT2D eigenvalue weighted by atomic mass is 9.96. The van der Waals surface area contributed by atoms with E-state index < -0.39 is 10.9 Å². The van der Waals surface area contributed by atoms with Crippen LogP contribution in [0, 0.1) is 17.0 Å². The molecule has 7 heteroatoms. The van der Waals surface area contributed by atoms with E-state index in [1.807, 2.05) is 60.7 Å². The van der Waals surface area contributed by atoms with Gasteiger partial charge in [-0.1, -0.05) is 60.7 Å². The van der Waals surface area contributed by atoms with Crippen LogP contribution in [0.5, 0.6) is 5.88 Å². The van der Waals surface area contributed by atoms with E-state index in [9.17, 15) is 14.9 Å². The van der Waals surface area contributed by atoms with Crippen LogP contribution in [0.25, 0.3) is 5.57 Å². The van der Waals surface area contributed by atoms with Crippen molar-refractivity contribution in [3.05, 3.63) is 105 Å². The molecule has 0 saturated heterocycles. The fourth-order valence-corrected chi connectivity index (χ4v) is 2.77. The first kappa shape index (κ1) is 19.8. The van der Waals surface area contributed by atoms with E-state index in [1.54, 1.807) is 6.92 Å². The molecular weight excluding hydrogens is 372 g/mol. The van der Waals surface area contributed by atoms with Crippen molar-refractivity contribution in [3.63, 3.8) is 0 Å². The Morgan fingerprint density at radius 2 is 1.55 bits per heavy atom. The second kappa shape index (κ2) is 8.79. The average Bonchev–Trinajstić information content (AvgIpc) is 2.75. The minimum Gasteiger partial charge on any atom is -0.463 e. The maximum Gasteiger partial charge on any atom is 0.374 e. The van der Waals surface area contributed by atoms with E-state index in [4.69, 9.17) is 9.47 Å². The highest BCUT2D eigenvalue weighted by atomic mass is 16.6. The van der Waals surface area contributed by atoms with Crippen LogP contribution >= 0.6 is 0 Å². The molecule has 1 heterocycles. The smallest absolute Gasteiger partial charge is 0.374 e. The standard InChI is InChI=1S/C22H18N2O5/c1-15-13-18(24(26)27)21(23-14-15)29-20(22(25)28-2)19(16-9-5-3-6-10-16)17-11-7-4-8-12-17/h3-14H,1-2H3. The first-order valence-electron chi connectivity index (χ1n) is 8.73. The molecule has 0 spiro atoms. The lowest BCUT2D eigenvalue weighted by Gasteiger charge is -2.15. The molecule has 0 aliphatic carbocycles. The highest BCUT2D eigenvalue weighted by Crippen LogP contribution is 2.32. The Bertz CT molecular complexity index is 1020. The van der Waals surface area contributed by atoms with Crippen LogP contribution in [0.1, 0.15) is 16.7 Å². The van der Waals surface area contributed by atoms with Gasteiger partial charge in [0.25, 0.3) is 5.88 Å². The summed E-state index contributed by atoms with van der Waals surface area (Å²) in [6, 6.07) is 19.5. The van der Waals surface area contributed by atoms with Crippen LogP contribution < -0.4 is 4.74 Å². The molecule has 0 fully saturated rings. The number of ether oxygens (including phenoxy) is 2. The number of carbonyl (C=O) groups is 1. The quantitative estimate of drug-likeness (QED) is 0.205. The first-order chi connectivity index (χ1) is 14.0. The summed E-state index contributed by atoms with van der Waals surface area (Å²) in [5.74, 6) is -1.25. The normalized spacial score (nSPS) is 10.1. The second-order valence-electron chi connectivity index (χ2n) is 6.12. The number of benzene rings is 2. The molecule has 2 aromatic carbocycles. The fraction of sp³-hybridized carbons (Fsp3) is 0.0909. The Morgan fingerprint density at radius 1 is 1.00 bits per heavy atom. The largest absolute Gasteiger partial charge is 0.463 e. The number of nitro groups is 1. The number of aryl methyl sites for hydroxylation is 1. The number of hydrogen-bond acceptors (Lipinski definition) is 6. The average molecular weight is 390 g/mol. The summed E-state index contributed by atoms with van der Waals surface area (Å²) in [5, 5.41) is 11.5. The Morgan fingerprint density at radius 3 is 2.03 bits per heavy atom. The minimum absolute atomic E-state index is 0.190. The van der Waals surface area contributed by atoms with E-state index in [2.05, 4.69) is 4.98 Å². The van der Waals surface area contributed by atoms with Crippen LogP contribution in [0.15, 0.2) is 78.7 Å². The summed E-state index contributed by atoms with van der Waals surface area (Å²) < 4.78 is 10.7. The molecule has 7 nitrogen and oxygen atoms in total. The van der Waals surface area contributed by atoms with Gasteiger partial charge < -0.3 is 9.47 Å². The van der Waals surface area contributed by atoms with Crippen molar-refractivity contribution in [1.29, 1.82) is 0 Å². The maximum atomic E-state index is 12.6. The van der Waals surface area contributed by atoms with Crippen molar-refractivity contribution < 1.29 is 19.2 Å². The predicted octanol–water partition coefficient (Wildman–Crippen LogP) is 4.31. The minimum atomic E-state index is -0.774. The molecule has 1 aromatic heterocycles. The summed E-state index contributed by atoms with van der Waals surface area (Å²) in [5.41, 5.74) is 2.07. The number of esters is 1. The number of aromatic nitrogens is 1. The highest BCUT2D eigenvalue weighted by molar-refractivity contribution is 6.00. The molecule has 3 aromatic rings. The molecule has 0 bridgehead atoms. The first-order valence-corrected chi connectivity index (χ1v) is 8.73. The summed E-state index contributed by atoms with van der Waals surface area (Å²) in [6.45, 7) is 1.68. The van der Waals surface area contributed by atoms with Gasteiger partial charge in [0.1, 0.15) is 0 Å². The van der Waals surface area contributed by atoms with Gasteiger partial charge in [-0.05, 0) is 23.6 Å². The number of carbonyl (C=O) groups excluding carboxylic acids is 1. The lowest BCUT2D eigenvalue weighted by molar-refractivity contribution is -0.386. The third-order valence-corrected chi connectivity index (χ3v) is 4.09. The number of methoxy groups -OCH3 is 1. The van der Waals surface area contributed by atoms with Gasteiger partial charge >= 0.3 is 11.7 Å². The highest BCUT2D eigenvalue weighted by Gasteiger charge is 2.26. The molecular formula is C22H18N2O5. The molecule has 0 N–H and O–H groups in total. The molecule has 3 rings (SSSR count). The van der Waals surface area contributed by atoms with E-state index in [0.717, 1.165) is 0 Å². The topological polar surface area (TPSA) is 91.6 Å². The Hall–Kier alpha value is -4.00. The molecule has 0 aliphatic rings. The van der Waals surface area contributed by atoms with Crippen molar-refractivity contribution in [1.82, 2.24) is 4.98 Å². The van der Waals surface area contributed by atoms with E-state index in [-0.39, 0.29) is 17.3 Å². The van der Waals surface area contributed by atoms with E-state index >= 15 is 0 Å². The number of rotatable bonds is 6. The molecule has 0 aliphatic heterocycles. The monoisotopic (exact) mass is 390 g/mol. The van der Waals surface area contributed by atoms with Crippen molar-refractivity contribution in [3.8, 4) is 5.88 Å². The summed E-state index contributed by atoms with van der Waals surface area (Å²) in [6.07, 6.45) is 1.43. The zero-order chi connectivity index (χ0) is 20.8. The van der Waals surface area contributed by atoms with Gasteiger partial charge in [0.05, 0.1) is 12.0 Å². The maximum absolute atomic E-state index is 12.6. The Labute approximate surface area is 167 Å².